The number of aromatic amines is 1. The molecular weight excluding hydrogens is 454 g/mol. The third-order valence-electron chi connectivity index (χ3n) is 5.17. The molecule has 0 saturated heterocycles. The van der Waals surface area contributed by atoms with Crippen molar-refractivity contribution in [1.29, 1.82) is 0 Å². The molecule has 2 heterocycles. The summed E-state index contributed by atoms with van der Waals surface area (Å²) >= 11 is 0. The van der Waals surface area contributed by atoms with Gasteiger partial charge in [0.2, 0.25) is 0 Å². The molecule has 0 unspecified atom stereocenters. The molecule has 34 heavy (non-hydrogen) atoms. The summed E-state index contributed by atoms with van der Waals surface area (Å²) in [4.78, 5) is 20.7. The first kappa shape index (κ1) is 23.1. The van der Waals surface area contributed by atoms with Gasteiger partial charge in [0.1, 0.15) is 12.1 Å². The highest BCUT2D eigenvalue weighted by Crippen LogP contribution is 2.33. The van der Waals surface area contributed by atoms with Gasteiger partial charge in [0, 0.05) is 23.7 Å². The molecule has 0 radical (unpaired) electrons. The summed E-state index contributed by atoms with van der Waals surface area (Å²) in [5, 5.41) is 12.4. The molecule has 0 aliphatic heterocycles. The second-order valence-electron chi connectivity index (χ2n) is 7.54. The van der Waals surface area contributed by atoms with Crippen molar-refractivity contribution < 1.29 is 22.4 Å². The Labute approximate surface area is 190 Å². The maximum absolute atomic E-state index is 13.9. The molecule has 12 heteroatoms. The lowest BCUT2D eigenvalue weighted by molar-refractivity contribution is -0.137. The topological polar surface area (TPSA) is 122 Å². The van der Waals surface area contributed by atoms with Gasteiger partial charge in [-0.25, -0.2) is 19.2 Å². The molecular formula is C22H19F4N7O. The first-order valence-corrected chi connectivity index (χ1v) is 10.1. The summed E-state index contributed by atoms with van der Waals surface area (Å²) in [6, 6.07) is 7.45. The Kier molecular flexibility index (Phi) is 6.16. The molecule has 0 bridgehead atoms. The zero-order valence-electron chi connectivity index (χ0n) is 17.7. The van der Waals surface area contributed by atoms with E-state index in [1.807, 2.05) is 6.92 Å². The van der Waals surface area contributed by atoms with E-state index in [1.54, 1.807) is 24.3 Å². The quantitative estimate of drug-likeness (QED) is 0.308. The van der Waals surface area contributed by atoms with Crippen LogP contribution in [0, 0.1) is 5.82 Å². The molecule has 0 saturated carbocycles. The van der Waals surface area contributed by atoms with Crippen LogP contribution in [0.3, 0.4) is 0 Å². The van der Waals surface area contributed by atoms with E-state index >= 15 is 0 Å². The lowest BCUT2D eigenvalue weighted by Crippen LogP contribution is -2.20. The summed E-state index contributed by atoms with van der Waals surface area (Å²) < 4.78 is 52.4. The number of benzene rings is 2. The fourth-order valence-corrected chi connectivity index (χ4v) is 3.38. The number of carbonyl (C=O) groups is 1. The van der Waals surface area contributed by atoms with Gasteiger partial charge in [0.25, 0.3) is 0 Å². The van der Waals surface area contributed by atoms with Crippen LogP contribution in [0.4, 0.5) is 33.7 Å². The van der Waals surface area contributed by atoms with Gasteiger partial charge in [-0.1, -0.05) is 19.1 Å². The highest BCUT2D eigenvalue weighted by Gasteiger charge is 2.31. The summed E-state index contributed by atoms with van der Waals surface area (Å²) in [7, 11) is 0. The number of hydrogen-bond donors (Lipinski definition) is 4. The number of nitrogens with zero attached hydrogens (tertiary/aromatic N) is 3. The van der Waals surface area contributed by atoms with Crippen LogP contribution in [0.5, 0.6) is 0 Å². The van der Waals surface area contributed by atoms with Gasteiger partial charge < -0.3 is 16.4 Å². The normalized spacial score (nSPS) is 12.5. The predicted molar refractivity (Wildman–Crippen MR) is 119 cm³/mol. The number of alkyl halides is 3. The molecule has 2 aromatic carbocycles. The van der Waals surface area contributed by atoms with E-state index < -0.39 is 29.3 Å². The van der Waals surface area contributed by atoms with Crippen LogP contribution in [0.1, 0.15) is 24.1 Å². The molecule has 2 amide bonds. The number of anilines is 2. The largest absolute Gasteiger partial charge is 0.416 e. The first-order valence-electron chi connectivity index (χ1n) is 10.1. The summed E-state index contributed by atoms with van der Waals surface area (Å²) in [6.45, 7) is 2.33. The number of rotatable bonds is 5. The van der Waals surface area contributed by atoms with Crippen molar-refractivity contribution in [2.75, 3.05) is 17.2 Å². The Bertz CT molecular complexity index is 1340. The van der Waals surface area contributed by atoms with Crippen molar-refractivity contribution in [1.82, 2.24) is 20.2 Å². The summed E-state index contributed by atoms with van der Waals surface area (Å²) in [5.41, 5.74) is 7.12. The number of amides is 2. The van der Waals surface area contributed by atoms with Gasteiger partial charge >= 0.3 is 12.2 Å². The second kappa shape index (κ2) is 9.06. The number of carbonyl (C=O) groups excluding carboxylic acids is 1. The minimum Gasteiger partial charge on any atom is -0.330 e. The number of halogens is 4. The van der Waals surface area contributed by atoms with Crippen LogP contribution >= 0.6 is 0 Å². The molecule has 1 atom stereocenters. The summed E-state index contributed by atoms with van der Waals surface area (Å²) in [6.07, 6.45) is -3.24. The van der Waals surface area contributed by atoms with E-state index in [9.17, 15) is 22.4 Å². The predicted octanol–water partition coefficient (Wildman–Crippen LogP) is 4.88. The van der Waals surface area contributed by atoms with Crippen LogP contribution in [-0.2, 0) is 6.18 Å². The molecule has 5 N–H and O–H groups in total. The number of fused-ring (bicyclic) bond motifs is 1. The average Bonchev–Trinajstić information content (AvgIpc) is 3.24. The smallest absolute Gasteiger partial charge is 0.330 e. The Balaban J connectivity index is 1.53. The fraction of sp³-hybridized carbons (Fsp3) is 0.182. The van der Waals surface area contributed by atoms with Gasteiger partial charge in [0.05, 0.1) is 28.0 Å². The fourth-order valence-electron chi connectivity index (χ4n) is 3.38. The Morgan fingerprint density at radius 2 is 1.85 bits per heavy atom. The van der Waals surface area contributed by atoms with Gasteiger partial charge in [0.15, 0.2) is 5.65 Å². The first-order chi connectivity index (χ1) is 16.2. The maximum Gasteiger partial charge on any atom is 0.416 e. The highest BCUT2D eigenvalue weighted by molar-refractivity contribution is 6.00. The molecule has 0 aliphatic carbocycles. The monoisotopic (exact) mass is 473 g/mol. The molecule has 8 nitrogen and oxygen atoms in total. The van der Waals surface area contributed by atoms with Gasteiger partial charge in [-0.05, 0) is 30.3 Å². The van der Waals surface area contributed by atoms with E-state index in [4.69, 9.17) is 5.73 Å². The van der Waals surface area contributed by atoms with Crippen molar-refractivity contribution >= 4 is 28.4 Å². The third kappa shape index (κ3) is 4.66. The van der Waals surface area contributed by atoms with Crippen LogP contribution in [-0.4, -0.2) is 32.7 Å². The Hall–Kier alpha value is -4.06. The number of aromatic nitrogens is 4. The number of nitrogens with one attached hydrogen (secondary N) is 3. The van der Waals surface area contributed by atoms with Crippen molar-refractivity contribution in [3.8, 4) is 11.3 Å². The second-order valence-corrected chi connectivity index (χ2v) is 7.54. The molecule has 0 spiro atoms. The molecule has 4 rings (SSSR count). The van der Waals surface area contributed by atoms with E-state index in [-0.39, 0.29) is 5.92 Å². The van der Waals surface area contributed by atoms with Crippen LogP contribution in [0.25, 0.3) is 22.3 Å². The molecule has 0 fully saturated rings. The average molecular weight is 473 g/mol. The van der Waals surface area contributed by atoms with Gasteiger partial charge in [-0.15, -0.1) is 0 Å². The zero-order valence-corrected chi connectivity index (χ0v) is 17.7. The number of nitrogens with two attached hydrogens (primary N) is 1. The van der Waals surface area contributed by atoms with Crippen molar-refractivity contribution in [2.24, 2.45) is 5.73 Å². The minimum atomic E-state index is -4.67. The molecule has 4 aromatic rings. The van der Waals surface area contributed by atoms with Crippen LogP contribution < -0.4 is 16.4 Å². The van der Waals surface area contributed by atoms with E-state index in [0.717, 1.165) is 16.6 Å². The van der Waals surface area contributed by atoms with Gasteiger partial charge in [-0.3, -0.25) is 5.10 Å². The SMILES string of the molecule is C[C@@H](CN)c1ncnc2n[nH]c(-c3ccc(NC(=O)Nc4cc(C(F)(F)F)ccc4F)cc3)c12. The maximum atomic E-state index is 13.9. The lowest BCUT2D eigenvalue weighted by Gasteiger charge is -2.12. The number of hydrogen-bond acceptors (Lipinski definition) is 5. The van der Waals surface area contributed by atoms with E-state index in [0.29, 0.717) is 41.8 Å². The van der Waals surface area contributed by atoms with E-state index in [1.165, 1.54) is 6.33 Å². The molecule has 0 aliphatic rings. The third-order valence-corrected chi connectivity index (χ3v) is 5.17. The molecule has 176 valence electrons. The number of urea groups is 1. The molecule has 2 aromatic heterocycles. The van der Waals surface area contributed by atoms with Crippen molar-refractivity contribution in [3.63, 3.8) is 0 Å². The van der Waals surface area contributed by atoms with Crippen LogP contribution in [0.2, 0.25) is 0 Å². The zero-order chi connectivity index (χ0) is 24.5. The van der Waals surface area contributed by atoms with Crippen molar-refractivity contribution in [3.05, 3.63) is 65.9 Å². The van der Waals surface area contributed by atoms with E-state index in [2.05, 4.69) is 30.8 Å². The lowest BCUT2D eigenvalue weighted by atomic mass is 10.0. The summed E-state index contributed by atoms with van der Waals surface area (Å²) in [5.74, 6) is -1.02. The Morgan fingerprint density at radius 3 is 2.53 bits per heavy atom. The highest BCUT2D eigenvalue weighted by atomic mass is 19.4. The van der Waals surface area contributed by atoms with Crippen molar-refractivity contribution in [2.45, 2.75) is 19.0 Å². The Morgan fingerprint density at radius 1 is 1.12 bits per heavy atom. The number of H-pyrrole nitrogens is 1. The van der Waals surface area contributed by atoms with Crippen LogP contribution in [0.15, 0.2) is 48.8 Å². The standard InChI is InChI=1S/C22H19F4N7O/c1-11(9-27)18-17-19(32-33-20(17)29-10-28-18)12-2-5-14(6-3-12)30-21(34)31-16-8-13(22(24,25)26)4-7-15(16)23/h2-8,10-11H,9,27H2,1H3,(H2,30,31,34)(H,28,29,32,33)/t11-/m0/s1. The van der Waals surface area contributed by atoms with Gasteiger partial charge in [-0.2, -0.15) is 18.3 Å². The minimum absolute atomic E-state index is 0.0253.